The van der Waals surface area contributed by atoms with Gasteiger partial charge in [-0.3, -0.25) is 4.79 Å². The molecule has 6 nitrogen and oxygen atoms in total. The van der Waals surface area contributed by atoms with Gasteiger partial charge < -0.3 is 14.6 Å². The second kappa shape index (κ2) is 6.76. The first-order valence-electron chi connectivity index (χ1n) is 5.73. The van der Waals surface area contributed by atoms with Crippen molar-refractivity contribution in [1.29, 1.82) is 0 Å². The molecule has 1 rings (SSSR count). The Morgan fingerprint density at radius 3 is 1.75 bits per heavy atom. The van der Waals surface area contributed by atoms with E-state index < -0.39 is 48.2 Å². The summed E-state index contributed by atoms with van der Waals surface area (Å²) in [6, 6.07) is 1.98. The van der Waals surface area contributed by atoms with Crippen molar-refractivity contribution >= 4 is 17.9 Å². The van der Waals surface area contributed by atoms with E-state index in [1.165, 1.54) is 0 Å². The third-order valence-corrected chi connectivity index (χ3v) is 2.23. The van der Waals surface area contributed by atoms with E-state index in [2.05, 4.69) is 9.47 Å². The van der Waals surface area contributed by atoms with E-state index in [9.17, 15) is 40.7 Å². The number of carbonyl (C=O) groups is 3. The number of esters is 2. The number of hydrogen-bond acceptors (Lipinski definition) is 5. The lowest BCUT2D eigenvalue weighted by atomic mass is 10.1. The fourth-order valence-electron chi connectivity index (χ4n) is 1.32. The van der Waals surface area contributed by atoms with E-state index in [4.69, 9.17) is 5.11 Å². The topological polar surface area (TPSA) is 89.9 Å². The lowest BCUT2D eigenvalue weighted by Crippen LogP contribution is -2.30. The van der Waals surface area contributed by atoms with Crippen molar-refractivity contribution in [2.75, 3.05) is 0 Å². The fraction of sp³-hybridized carbons (Fsp3) is 0.250. The maximum atomic E-state index is 12.2. The van der Waals surface area contributed by atoms with Crippen LogP contribution in [0.2, 0.25) is 0 Å². The summed E-state index contributed by atoms with van der Waals surface area (Å²) in [5.74, 6) is -9.29. The number of halogens is 6. The molecular formula is C12H6F6O6. The maximum Gasteiger partial charge on any atom is 0.491 e. The molecule has 0 radical (unpaired) electrons. The van der Waals surface area contributed by atoms with Gasteiger partial charge in [0.05, 0.1) is 6.42 Å². The highest BCUT2D eigenvalue weighted by Gasteiger charge is 2.43. The van der Waals surface area contributed by atoms with Crippen LogP contribution in [0.5, 0.6) is 11.5 Å². The first-order chi connectivity index (χ1) is 10.8. The quantitative estimate of drug-likeness (QED) is 0.503. The Balaban J connectivity index is 3.19. The van der Waals surface area contributed by atoms with E-state index in [1.807, 2.05) is 0 Å². The van der Waals surface area contributed by atoms with Crippen LogP contribution in [0.15, 0.2) is 18.2 Å². The number of carbonyl (C=O) groups excluding carboxylic acids is 2. The van der Waals surface area contributed by atoms with Gasteiger partial charge in [-0.25, -0.2) is 9.59 Å². The van der Waals surface area contributed by atoms with Crippen molar-refractivity contribution in [1.82, 2.24) is 0 Å². The predicted octanol–water partition coefficient (Wildman–Crippen LogP) is 2.25. The number of benzene rings is 1. The highest BCUT2D eigenvalue weighted by molar-refractivity contribution is 5.81. The van der Waals surface area contributed by atoms with Gasteiger partial charge in [0.2, 0.25) is 0 Å². The molecule has 12 heteroatoms. The summed E-state index contributed by atoms with van der Waals surface area (Å²) >= 11 is 0. The molecule has 1 N–H and O–H groups in total. The molecule has 0 amide bonds. The van der Waals surface area contributed by atoms with Crippen LogP contribution in [0.3, 0.4) is 0 Å². The van der Waals surface area contributed by atoms with Gasteiger partial charge >= 0.3 is 30.3 Å². The third kappa shape index (κ3) is 5.44. The minimum Gasteiger partial charge on any atom is -0.481 e. The Morgan fingerprint density at radius 2 is 1.33 bits per heavy atom. The standard InChI is InChI=1S/C12H6F6O6/c13-11(14,15)9(21)23-6-2-1-5(4-8(19)20)3-7(6)24-10(22)12(16,17)18/h1-3H,4H2,(H,19,20). The van der Waals surface area contributed by atoms with E-state index in [0.29, 0.717) is 12.1 Å². The molecule has 0 unspecified atom stereocenters. The molecule has 0 heterocycles. The van der Waals surface area contributed by atoms with Gasteiger partial charge in [0.25, 0.3) is 0 Å². The first kappa shape index (κ1) is 19.3. The average molecular weight is 360 g/mol. The zero-order chi connectivity index (χ0) is 18.7. The molecule has 1 aromatic carbocycles. The summed E-state index contributed by atoms with van der Waals surface area (Å²) in [7, 11) is 0. The van der Waals surface area contributed by atoms with Crippen LogP contribution in [0, 0.1) is 0 Å². The van der Waals surface area contributed by atoms with Crippen LogP contribution in [-0.2, 0) is 20.8 Å². The van der Waals surface area contributed by atoms with Gasteiger partial charge in [-0.2, -0.15) is 26.3 Å². The number of carboxylic acids is 1. The Bertz CT molecular complexity index is 663. The maximum absolute atomic E-state index is 12.2. The second-order valence-electron chi connectivity index (χ2n) is 4.13. The Morgan fingerprint density at radius 1 is 0.875 bits per heavy atom. The van der Waals surface area contributed by atoms with E-state index >= 15 is 0 Å². The Labute approximate surface area is 128 Å². The average Bonchev–Trinajstić information content (AvgIpc) is 2.38. The normalized spacial score (nSPS) is 11.8. The van der Waals surface area contributed by atoms with Gasteiger partial charge in [0, 0.05) is 0 Å². The van der Waals surface area contributed by atoms with Crippen LogP contribution in [0.1, 0.15) is 5.56 Å². The lowest BCUT2D eigenvalue weighted by molar-refractivity contribution is -0.191. The van der Waals surface area contributed by atoms with E-state index in [-0.39, 0.29) is 5.56 Å². The van der Waals surface area contributed by atoms with Crippen LogP contribution in [0.25, 0.3) is 0 Å². The van der Waals surface area contributed by atoms with Crippen molar-refractivity contribution in [2.45, 2.75) is 18.8 Å². The van der Waals surface area contributed by atoms with Crippen LogP contribution < -0.4 is 9.47 Å². The summed E-state index contributed by atoms with van der Waals surface area (Å²) in [6.45, 7) is 0. The molecule has 132 valence electrons. The van der Waals surface area contributed by atoms with Crippen LogP contribution in [0.4, 0.5) is 26.3 Å². The molecule has 0 aromatic heterocycles. The van der Waals surface area contributed by atoms with Crippen molar-refractivity contribution in [2.24, 2.45) is 0 Å². The lowest BCUT2D eigenvalue weighted by Gasteiger charge is -2.13. The molecular weight excluding hydrogens is 354 g/mol. The first-order valence-corrected chi connectivity index (χ1v) is 5.73. The largest absolute Gasteiger partial charge is 0.491 e. The molecule has 0 aliphatic carbocycles. The molecule has 0 bridgehead atoms. The molecule has 24 heavy (non-hydrogen) atoms. The SMILES string of the molecule is O=C(O)Cc1ccc(OC(=O)C(F)(F)F)c(OC(=O)C(F)(F)F)c1. The van der Waals surface area contributed by atoms with E-state index in [1.54, 1.807) is 0 Å². The van der Waals surface area contributed by atoms with Gasteiger partial charge in [-0.1, -0.05) is 6.07 Å². The molecule has 0 aliphatic heterocycles. The van der Waals surface area contributed by atoms with Gasteiger partial charge in [-0.15, -0.1) is 0 Å². The number of rotatable bonds is 4. The molecule has 0 aliphatic rings. The molecule has 0 atom stereocenters. The Kier molecular flexibility index (Phi) is 5.43. The monoisotopic (exact) mass is 360 g/mol. The molecule has 0 fully saturated rings. The van der Waals surface area contributed by atoms with Crippen molar-refractivity contribution in [3.63, 3.8) is 0 Å². The van der Waals surface area contributed by atoms with Crippen molar-refractivity contribution < 1.29 is 55.3 Å². The summed E-state index contributed by atoms with van der Waals surface area (Å²) < 4.78 is 80.6. The van der Waals surface area contributed by atoms with E-state index in [0.717, 1.165) is 6.07 Å². The zero-order valence-corrected chi connectivity index (χ0v) is 11.2. The van der Waals surface area contributed by atoms with Gasteiger partial charge in [0.1, 0.15) is 0 Å². The summed E-state index contributed by atoms with van der Waals surface area (Å²) in [6.07, 6.45) is -11.7. The summed E-state index contributed by atoms with van der Waals surface area (Å²) in [5, 5.41) is 8.57. The van der Waals surface area contributed by atoms with Crippen molar-refractivity contribution in [3.05, 3.63) is 23.8 Å². The minimum absolute atomic E-state index is 0.209. The number of carboxylic acid groups (broad SMARTS) is 1. The van der Waals surface area contributed by atoms with Crippen molar-refractivity contribution in [3.8, 4) is 11.5 Å². The molecule has 0 saturated heterocycles. The number of ether oxygens (including phenoxy) is 2. The highest BCUT2D eigenvalue weighted by Crippen LogP contribution is 2.32. The molecule has 0 saturated carbocycles. The molecule has 0 spiro atoms. The Hall–Kier alpha value is -2.79. The number of aliphatic carboxylic acids is 1. The number of alkyl halides is 6. The van der Waals surface area contributed by atoms with Crippen LogP contribution in [-0.4, -0.2) is 35.4 Å². The third-order valence-electron chi connectivity index (χ3n) is 2.23. The summed E-state index contributed by atoms with van der Waals surface area (Å²) in [5.41, 5.74) is -0.209. The predicted molar refractivity (Wildman–Crippen MR) is 61.2 cm³/mol. The zero-order valence-electron chi connectivity index (χ0n) is 11.2. The number of hydrogen-bond donors (Lipinski definition) is 1. The van der Waals surface area contributed by atoms with Gasteiger partial charge in [-0.05, 0) is 17.7 Å². The smallest absolute Gasteiger partial charge is 0.481 e. The highest BCUT2D eigenvalue weighted by atomic mass is 19.4. The minimum atomic E-state index is -5.48. The second-order valence-corrected chi connectivity index (χ2v) is 4.13. The summed E-state index contributed by atoms with van der Waals surface area (Å²) in [4.78, 5) is 32.0. The fourth-order valence-corrected chi connectivity index (χ4v) is 1.32. The van der Waals surface area contributed by atoms with Crippen LogP contribution >= 0.6 is 0 Å². The van der Waals surface area contributed by atoms with Gasteiger partial charge in [0.15, 0.2) is 11.5 Å². The molecule has 1 aromatic rings.